The summed E-state index contributed by atoms with van der Waals surface area (Å²) in [6.07, 6.45) is 4.61. The Balaban J connectivity index is 1.66. The number of carbonyl (C=O) groups excluding carboxylic acids is 1. The first kappa shape index (κ1) is 13.0. The maximum atomic E-state index is 12.2. The lowest BCUT2D eigenvalue weighted by Crippen LogP contribution is -2.02. The van der Waals surface area contributed by atoms with Gasteiger partial charge in [-0.05, 0) is 29.7 Å². The molecule has 0 N–H and O–H groups in total. The molecule has 3 heteroatoms. The molecule has 3 rings (SSSR count). The van der Waals surface area contributed by atoms with Crippen LogP contribution >= 0.6 is 0 Å². The average molecular weight is 270 g/mol. The topological polar surface area (TPSA) is 39.4 Å². The first-order chi connectivity index (χ1) is 9.78. The van der Waals surface area contributed by atoms with Crippen LogP contribution in [0.1, 0.15) is 40.6 Å². The summed E-state index contributed by atoms with van der Waals surface area (Å²) in [6.45, 7) is 2.77. The number of fused-ring (bicyclic) bond motifs is 1. The van der Waals surface area contributed by atoms with E-state index in [2.05, 4.69) is 6.07 Å². The molecule has 0 spiro atoms. The number of hydrogen-bond donors (Lipinski definition) is 0. The van der Waals surface area contributed by atoms with E-state index in [0.717, 1.165) is 42.9 Å². The van der Waals surface area contributed by atoms with E-state index in [9.17, 15) is 4.79 Å². The molecule has 0 bridgehead atoms. The smallest absolute Gasteiger partial charge is 0.166 e. The quantitative estimate of drug-likeness (QED) is 0.779. The van der Waals surface area contributed by atoms with Gasteiger partial charge in [0.2, 0.25) is 0 Å². The number of carbonyl (C=O) groups is 1. The fourth-order valence-electron chi connectivity index (χ4n) is 2.65. The van der Waals surface area contributed by atoms with Gasteiger partial charge in [-0.3, -0.25) is 4.79 Å². The Labute approximate surface area is 118 Å². The van der Waals surface area contributed by atoms with Crippen molar-refractivity contribution in [1.29, 1.82) is 0 Å². The normalized spacial score (nSPS) is 13.1. The molecule has 1 aliphatic heterocycles. The number of ether oxygens (including phenoxy) is 1. The lowest BCUT2D eigenvalue weighted by atomic mass is 10.0. The van der Waals surface area contributed by atoms with E-state index in [1.165, 1.54) is 11.1 Å². The molecule has 0 saturated carbocycles. The van der Waals surface area contributed by atoms with E-state index in [1.54, 1.807) is 12.3 Å². The first-order valence-electron chi connectivity index (χ1n) is 7.12. The molecule has 1 aromatic carbocycles. The lowest BCUT2D eigenvalue weighted by Gasteiger charge is -2.04. The van der Waals surface area contributed by atoms with Gasteiger partial charge in [-0.1, -0.05) is 19.1 Å². The SMILES string of the molecule is CCc1occc1C(=O)CCc1ccc2c(c1)CCO2. The Morgan fingerprint density at radius 1 is 1.30 bits per heavy atom. The van der Waals surface area contributed by atoms with Crippen molar-refractivity contribution in [3.8, 4) is 5.75 Å². The standard InChI is InChI=1S/C17H18O3/c1-2-16-14(8-10-19-16)15(18)5-3-12-4-6-17-13(11-12)7-9-20-17/h4,6,8,10-11H,2-3,5,7,9H2,1H3. The van der Waals surface area contributed by atoms with Crippen LogP contribution in [-0.4, -0.2) is 12.4 Å². The van der Waals surface area contributed by atoms with Gasteiger partial charge in [0, 0.05) is 19.3 Å². The molecule has 0 radical (unpaired) electrons. The van der Waals surface area contributed by atoms with E-state index in [1.807, 2.05) is 19.1 Å². The molecule has 0 saturated heterocycles. The molecule has 0 unspecified atom stereocenters. The van der Waals surface area contributed by atoms with Crippen molar-refractivity contribution in [3.05, 3.63) is 53.0 Å². The Bertz CT molecular complexity index is 625. The number of rotatable bonds is 5. The Kier molecular flexibility index (Phi) is 3.59. The van der Waals surface area contributed by atoms with Crippen molar-refractivity contribution in [2.24, 2.45) is 0 Å². The summed E-state index contributed by atoms with van der Waals surface area (Å²) >= 11 is 0. The van der Waals surface area contributed by atoms with Crippen LogP contribution in [0.3, 0.4) is 0 Å². The third-order valence-electron chi connectivity index (χ3n) is 3.76. The van der Waals surface area contributed by atoms with E-state index in [-0.39, 0.29) is 5.78 Å². The van der Waals surface area contributed by atoms with E-state index in [4.69, 9.17) is 9.15 Å². The molecule has 3 nitrogen and oxygen atoms in total. The minimum atomic E-state index is 0.160. The second-order valence-electron chi connectivity index (χ2n) is 5.07. The highest BCUT2D eigenvalue weighted by molar-refractivity contribution is 5.97. The zero-order valence-electron chi connectivity index (χ0n) is 11.6. The Morgan fingerprint density at radius 3 is 3.05 bits per heavy atom. The Hall–Kier alpha value is -2.03. The van der Waals surface area contributed by atoms with Gasteiger partial charge in [-0.2, -0.15) is 0 Å². The van der Waals surface area contributed by atoms with Crippen LogP contribution in [0, 0.1) is 0 Å². The molecule has 1 aromatic heterocycles. The summed E-state index contributed by atoms with van der Waals surface area (Å²) in [6, 6.07) is 7.99. The highest BCUT2D eigenvalue weighted by Crippen LogP contribution is 2.26. The largest absolute Gasteiger partial charge is 0.493 e. The van der Waals surface area contributed by atoms with E-state index in [0.29, 0.717) is 6.42 Å². The molecule has 2 aromatic rings. The summed E-state index contributed by atoms with van der Waals surface area (Å²) in [5.41, 5.74) is 3.19. The molecule has 2 heterocycles. The van der Waals surface area contributed by atoms with Crippen LogP contribution in [0.2, 0.25) is 0 Å². The van der Waals surface area contributed by atoms with Crippen molar-refractivity contribution in [2.75, 3.05) is 6.61 Å². The highest BCUT2D eigenvalue weighted by atomic mass is 16.5. The number of aryl methyl sites for hydroxylation is 2. The zero-order chi connectivity index (χ0) is 13.9. The highest BCUT2D eigenvalue weighted by Gasteiger charge is 2.15. The van der Waals surface area contributed by atoms with Crippen molar-refractivity contribution in [2.45, 2.75) is 32.6 Å². The van der Waals surface area contributed by atoms with Crippen molar-refractivity contribution in [3.63, 3.8) is 0 Å². The van der Waals surface area contributed by atoms with Crippen LogP contribution < -0.4 is 4.74 Å². The number of furan rings is 1. The minimum absolute atomic E-state index is 0.160. The molecule has 0 aliphatic carbocycles. The second-order valence-corrected chi connectivity index (χ2v) is 5.07. The lowest BCUT2D eigenvalue weighted by molar-refractivity contribution is 0.0981. The monoisotopic (exact) mass is 270 g/mol. The van der Waals surface area contributed by atoms with Gasteiger partial charge in [0.05, 0.1) is 18.4 Å². The number of hydrogen-bond acceptors (Lipinski definition) is 3. The molecule has 0 atom stereocenters. The average Bonchev–Trinajstić information content (AvgIpc) is 3.12. The van der Waals surface area contributed by atoms with Crippen LogP contribution in [0.25, 0.3) is 0 Å². The first-order valence-corrected chi connectivity index (χ1v) is 7.12. The third kappa shape index (κ3) is 2.48. The molecule has 1 aliphatic rings. The Morgan fingerprint density at radius 2 is 2.20 bits per heavy atom. The predicted octanol–water partition coefficient (Wildman–Crippen LogP) is 3.59. The zero-order valence-corrected chi connectivity index (χ0v) is 11.6. The molecular formula is C17H18O3. The molecule has 0 amide bonds. The van der Waals surface area contributed by atoms with E-state index >= 15 is 0 Å². The summed E-state index contributed by atoms with van der Waals surface area (Å²) in [4.78, 5) is 12.2. The molecular weight excluding hydrogens is 252 g/mol. The minimum Gasteiger partial charge on any atom is -0.493 e. The van der Waals surface area contributed by atoms with Crippen LogP contribution in [-0.2, 0) is 19.3 Å². The van der Waals surface area contributed by atoms with Gasteiger partial charge in [-0.15, -0.1) is 0 Å². The molecule has 20 heavy (non-hydrogen) atoms. The third-order valence-corrected chi connectivity index (χ3v) is 3.76. The predicted molar refractivity (Wildman–Crippen MR) is 76.4 cm³/mol. The number of benzene rings is 1. The fraction of sp³-hybridized carbons (Fsp3) is 0.353. The van der Waals surface area contributed by atoms with Crippen LogP contribution in [0.4, 0.5) is 0 Å². The van der Waals surface area contributed by atoms with Gasteiger partial charge < -0.3 is 9.15 Å². The van der Waals surface area contributed by atoms with Gasteiger partial charge in [-0.25, -0.2) is 0 Å². The summed E-state index contributed by atoms with van der Waals surface area (Å²) in [7, 11) is 0. The maximum absolute atomic E-state index is 12.2. The van der Waals surface area contributed by atoms with Gasteiger partial charge in [0.1, 0.15) is 11.5 Å². The number of Topliss-reactive ketones (excluding diaryl/α,β-unsaturated/α-hetero) is 1. The fourth-order valence-corrected chi connectivity index (χ4v) is 2.65. The van der Waals surface area contributed by atoms with Gasteiger partial charge >= 0.3 is 0 Å². The maximum Gasteiger partial charge on any atom is 0.166 e. The summed E-state index contributed by atoms with van der Waals surface area (Å²) in [5, 5.41) is 0. The number of ketones is 1. The van der Waals surface area contributed by atoms with Crippen molar-refractivity contribution < 1.29 is 13.9 Å². The van der Waals surface area contributed by atoms with Gasteiger partial charge in [0.15, 0.2) is 5.78 Å². The van der Waals surface area contributed by atoms with Crippen LogP contribution in [0.15, 0.2) is 34.9 Å². The molecule has 104 valence electrons. The van der Waals surface area contributed by atoms with Crippen LogP contribution in [0.5, 0.6) is 5.75 Å². The van der Waals surface area contributed by atoms with Crippen molar-refractivity contribution >= 4 is 5.78 Å². The van der Waals surface area contributed by atoms with Gasteiger partial charge in [0.25, 0.3) is 0 Å². The summed E-state index contributed by atoms with van der Waals surface area (Å²) < 4.78 is 10.8. The molecule has 0 fully saturated rings. The second kappa shape index (κ2) is 5.53. The summed E-state index contributed by atoms with van der Waals surface area (Å²) in [5.74, 6) is 1.94. The van der Waals surface area contributed by atoms with Crippen molar-refractivity contribution in [1.82, 2.24) is 0 Å². The van der Waals surface area contributed by atoms with E-state index < -0.39 is 0 Å².